The second kappa shape index (κ2) is 5.80. The second-order valence-corrected chi connectivity index (χ2v) is 7.17. The van der Waals surface area contributed by atoms with E-state index in [9.17, 15) is 14.4 Å². The van der Waals surface area contributed by atoms with E-state index >= 15 is 0 Å². The van der Waals surface area contributed by atoms with Crippen molar-refractivity contribution in [3.63, 3.8) is 0 Å². The second-order valence-electron chi connectivity index (χ2n) is 7.17. The molecule has 23 heavy (non-hydrogen) atoms. The van der Waals surface area contributed by atoms with Gasteiger partial charge in [0.15, 0.2) is 0 Å². The van der Waals surface area contributed by atoms with E-state index in [0.717, 1.165) is 10.5 Å². The maximum atomic E-state index is 12.9. The van der Waals surface area contributed by atoms with Gasteiger partial charge >= 0.3 is 6.09 Å². The van der Waals surface area contributed by atoms with Crippen LogP contribution in [0.3, 0.4) is 0 Å². The van der Waals surface area contributed by atoms with Gasteiger partial charge in [-0.3, -0.25) is 4.79 Å². The van der Waals surface area contributed by atoms with Gasteiger partial charge in [0.2, 0.25) is 5.91 Å². The number of rotatable bonds is 3. The average molecular weight is 317 g/mol. The summed E-state index contributed by atoms with van der Waals surface area (Å²) in [5, 5.41) is 0. The Morgan fingerprint density at radius 3 is 2.39 bits per heavy atom. The minimum Gasteiger partial charge on any atom is -0.443 e. The molecule has 1 atom stereocenters. The number of carbonyl (C=O) groups is 3. The lowest BCUT2D eigenvalue weighted by molar-refractivity contribution is -0.123. The van der Waals surface area contributed by atoms with Crippen LogP contribution >= 0.6 is 0 Å². The molecule has 1 aliphatic rings. The van der Waals surface area contributed by atoms with Crippen LogP contribution in [-0.2, 0) is 19.7 Å². The number of anilines is 1. The molecule has 5 heteroatoms. The number of nitrogens with zero attached hydrogens (tertiary/aromatic N) is 1. The van der Waals surface area contributed by atoms with Crippen molar-refractivity contribution < 1.29 is 19.1 Å². The Kier molecular flexibility index (Phi) is 4.33. The van der Waals surface area contributed by atoms with Crippen LogP contribution in [0.1, 0.15) is 53.0 Å². The Bertz CT molecular complexity index is 659. The van der Waals surface area contributed by atoms with Gasteiger partial charge in [-0.1, -0.05) is 18.2 Å². The van der Waals surface area contributed by atoms with Gasteiger partial charge < -0.3 is 9.53 Å². The highest BCUT2D eigenvalue weighted by molar-refractivity contribution is 6.21. The number of para-hydroxylation sites is 1. The first kappa shape index (κ1) is 17.2. The molecule has 5 nitrogen and oxygen atoms in total. The van der Waals surface area contributed by atoms with Gasteiger partial charge in [-0.25, -0.2) is 9.69 Å². The van der Waals surface area contributed by atoms with Crippen LogP contribution in [0, 0.1) is 0 Å². The van der Waals surface area contributed by atoms with E-state index in [1.165, 1.54) is 6.92 Å². The molecule has 0 unspecified atom stereocenters. The number of benzene rings is 1. The Balaban J connectivity index is 2.42. The highest BCUT2D eigenvalue weighted by atomic mass is 16.6. The Hall–Kier alpha value is -2.17. The van der Waals surface area contributed by atoms with Crippen molar-refractivity contribution in [1.29, 1.82) is 0 Å². The molecule has 1 aromatic carbocycles. The topological polar surface area (TPSA) is 63.7 Å². The Labute approximate surface area is 136 Å². The normalized spacial score (nSPS) is 20.4. The van der Waals surface area contributed by atoms with Crippen LogP contribution in [0.5, 0.6) is 0 Å². The fraction of sp³-hybridized carbons (Fsp3) is 0.500. The van der Waals surface area contributed by atoms with Gasteiger partial charge in [0.05, 0.1) is 11.1 Å². The zero-order chi connectivity index (χ0) is 17.4. The van der Waals surface area contributed by atoms with Crippen molar-refractivity contribution in [2.45, 2.75) is 58.5 Å². The number of ketones is 1. The standard InChI is InChI=1S/C18H23NO4/c1-12(20)10-11-18(5)13-8-6-7-9-14(13)19(15(18)21)16(22)23-17(2,3)4/h6-9H,10-11H2,1-5H3/t18-/m0/s1. The third kappa shape index (κ3) is 3.28. The van der Waals surface area contributed by atoms with Crippen molar-refractivity contribution in [3.8, 4) is 0 Å². The third-order valence-electron chi connectivity index (χ3n) is 3.97. The van der Waals surface area contributed by atoms with E-state index in [4.69, 9.17) is 4.74 Å². The van der Waals surface area contributed by atoms with E-state index in [1.54, 1.807) is 39.8 Å². The van der Waals surface area contributed by atoms with E-state index in [1.807, 2.05) is 12.1 Å². The SMILES string of the molecule is CC(=O)CC[C@]1(C)C(=O)N(C(=O)OC(C)(C)C)c2ccccc21. The molecule has 0 radical (unpaired) electrons. The number of hydrogen-bond acceptors (Lipinski definition) is 4. The summed E-state index contributed by atoms with van der Waals surface area (Å²) >= 11 is 0. The number of Topliss-reactive ketones (excluding diaryl/α,β-unsaturated/α-hetero) is 1. The summed E-state index contributed by atoms with van der Waals surface area (Å²) in [4.78, 5) is 37.9. The minimum atomic E-state index is -0.890. The van der Waals surface area contributed by atoms with Crippen LogP contribution in [0.15, 0.2) is 24.3 Å². The molecule has 1 aliphatic heterocycles. The van der Waals surface area contributed by atoms with Gasteiger partial charge in [0, 0.05) is 6.42 Å². The number of imide groups is 1. The molecule has 124 valence electrons. The first-order chi connectivity index (χ1) is 10.6. The predicted molar refractivity (Wildman–Crippen MR) is 87.4 cm³/mol. The lowest BCUT2D eigenvalue weighted by Crippen LogP contribution is -2.44. The van der Waals surface area contributed by atoms with E-state index in [-0.39, 0.29) is 11.7 Å². The molecule has 0 bridgehead atoms. The van der Waals surface area contributed by atoms with Gasteiger partial charge in [-0.2, -0.15) is 0 Å². The number of amides is 2. The van der Waals surface area contributed by atoms with Crippen LogP contribution in [0.2, 0.25) is 0 Å². The van der Waals surface area contributed by atoms with Crippen molar-refractivity contribution in [1.82, 2.24) is 0 Å². The summed E-state index contributed by atoms with van der Waals surface area (Å²) in [5.74, 6) is -0.318. The van der Waals surface area contributed by atoms with Gasteiger partial charge in [-0.05, 0) is 52.7 Å². The molecule has 0 fully saturated rings. The highest BCUT2D eigenvalue weighted by Crippen LogP contribution is 2.44. The van der Waals surface area contributed by atoms with Crippen LogP contribution in [0.4, 0.5) is 10.5 Å². The van der Waals surface area contributed by atoms with Crippen molar-refractivity contribution in [2.24, 2.45) is 0 Å². The zero-order valence-corrected chi connectivity index (χ0v) is 14.3. The molecule has 0 spiro atoms. The third-order valence-corrected chi connectivity index (χ3v) is 3.97. The molecule has 0 saturated carbocycles. The summed E-state index contributed by atoms with van der Waals surface area (Å²) in [6.45, 7) is 8.55. The minimum absolute atomic E-state index is 0.0206. The maximum absolute atomic E-state index is 12.9. The molecule has 0 N–H and O–H groups in total. The maximum Gasteiger partial charge on any atom is 0.421 e. The van der Waals surface area contributed by atoms with Gasteiger partial charge in [-0.15, -0.1) is 0 Å². The smallest absolute Gasteiger partial charge is 0.421 e. The van der Waals surface area contributed by atoms with Crippen molar-refractivity contribution >= 4 is 23.5 Å². The molecule has 2 amide bonds. The van der Waals surface area contributed by atoms with Gasteiger partial charge in [0.1, 0.15) is 11.4 Å². The van der Waals surface area contributed by atoms with Gasteiger partial charge in [0.25, 0.3) is 0 Å². The molecule has 0 saturated heterocycles. The van der Waals surface area contributed by atoms with Crippen LogP contribution < -0.4 is 4.90 Å². The summed E-state index contributed by atoms with van der Waals surface area (Å²) in [5.41, 5.74) is -0.279. The zero-order valence-electron chi connectivity index (χ0n) is 14.3. The predicted octanol–water partition coefficient (Wildman–Crippen LogP) is 3.60. The fourth-order valence-electron chi connectivity index (χ4n) is 2.76. The van der Waals surface area contributed by atoms with E-state index in [2.05, 4.69) is 0 Å². The molecule has 0 aromatic heterocycles. The first-order valence-corrected chi connectivity index (χ1v) is 7.73. The molecule has 1 aromatic rings. The summed E-state index contributed by atoms with van der Waals surface area (Å²) in [7, 11) is 0. The Morgan fingerprint density at radius 2 is 1.83 bits per heavy atom. The highest BCUT2D eigenvalue weighted by Gasteiger charge is 2.50. The Morgan fingerprint density at radius 1 is 1.22 bits per heavy atom. The molecular formula is C18H23NO4. The lowest BCUT2D eigenvalue weighted by Gasteiger charge is -2.26. The number of carbonyl (C=O) groups excluding carboxylic acids is 3. The molecule has 0 aliphatic carbocycles. The number of fused-ring (bicyclic) bond motifs is 1. The lowest BCUT2D eigenvalue weighted by atomic mass is 9.79. The summed E-state index contributed by atoms with van der Waals surface area (Å²) in [6, 6.07) is 7.17. The summed E-state index contributed by atoms with van der Waals surface area (Å²) in [6.07, 6.45) is -0.0163. The fourth-order valence-corrected chi connectivity index (χ4v) is 2.76. The number of hydrogen-bond donors (Lipinski definition) is 0. The average Bonchev–Trinajstić information content (AvgIpc) is 2.65. The number of ether oxygens (including phenoxy) is 1. The summed E-state index contributed by atoms with van der Waals surface area (Å²) < 4.78 is 5.37. The van der Waals surface area contributed by atoms with Crippen molar-refractivity contribution in [2.75, 3.05) is 4.90 Å². The van der Waals surface area contributed by atoms with E-state index < -0.39 is 17.1 Å². The van der Waals surface area contributed by atoms with Crippen LogP contribution in [-0.4, -0.2) is 23.4 Å². The van der Waals surface area contributed by atoms with E-state index in [0.29, 0.717) is 18.5 Å². The monoisotopic (exact) mass is 317 g/mol. The molecule has 1 heterocycles. The van der Waals surface area contributed by atoms with Crippen LogP contribution in [0.25, 0.3) is 0 Å². The first-order valence-electron chi connectivity index (χ1n) is 7.73. The quantitative estimate of drug-likeness (QED) is 0.854. The molecule has 2 rings (SSSR count). The largest absolute Gasteiger partial charge is 0.443 e. The molecular weight excluding hydrogens is 294 g/mol. The van der Waals surface area contributed by atoms with Crippen molar-refractivity contribution in [3.05, 3.63) is 29.8 Å².